The topological polar surface area (TPSA) is 12.9 Å². The van der Waals surface area contributed by atoms with E-state index < -0.39 is 5.41 Å². The van der Waals surface area contributed by atoms with E-state index >= 15 is 0 Å². The molecule has 0 aliphatic heterocycles. The Kier molecular flexibility index (Phi) is 7.80. The minimum atomic E-state index is -0.392. The molecule has 1 aromatic heterocycles. The van der Waals surface area contributed by atoms with Gasteiger partial charge in [0, 0.05) is 16.3 Å². The summed E-state index contributed by atoms with van der Waals surface area (Å²) in [4.78, 5) is 5.54. The summed E-state index contributed by atoms with van der Waals surface area (Å²) >= 11 is 0. The zero-order valence-corrected chi connectivity index (χ0v) is 35.7. The molecule has 0 saturated carbocycles. The zero-order valence-electron chi connectivity index (χ0n) is 35.7. The third-order valence-electron chi connectivity index (χ3n) is 14.8. The van der Waals surface area contributed by atoms with Gasteiger partial charge in [0.25, 0.3) is 0 Å². The van der Waals surface area contributed by atoms with Crippen LogP contribution in [-0.4, -0.2) is 4.98 Å². The van der Waals surface area contributed by atoms with E-state index in [9.17, 15) is 0 Å². The Bertz CT molecular complexity index is 3730. The maximum absolute atomic E-state index is 5.54. The zero-order chi connectivity index (χ0) is 42.6. The summed E-state index contributed by atoms with van der Waals surface area (Å²) < 4.78 is 0. The minimum absolute atomic E-state index is 0.392. The molecular weight excluding hydrogens is 783 g/mol. The highest BCUT2D eigenvalue weighted by atomic mass is 14.7. The van der Waals surface area contributed by atoms with E-state index in [-0.39, 0.29) is 0 Å². The molecule has 1 nitrogen and oxygen atoms in total. The summed E-state index contributed by atoms with van der Waals surface area (Å²) in [6.07, 6.45) is 1.67. The number of pyridine rings is 1. The van der Waals surface area contributed by atoms with Crippen LogP contribution in [0.1, 0.15) is 44.5 Å². The summed E-state index contributed by atoms with van der Waals surface area (Å²) in [5, 5.41) is 3.58. The lowest BCUT2D eigenvalue weighted by molar-refractivity contribution is 0.794. The molecular formula is C64H41N. The van der Waals surface area contributed by atoms with Gasteiger partial charge in [0.05, 0.1) is 16.6 Å². The molecule has 302 valence electrons. The Morgan fingerprint density at radius 3 is 1.38 bits per heavy atom. The second-order valence-corrected chi connectivity index (χ2v) is 18.1. The predicted molar refractivity (Wildman–Crippen MR) is 269 cm³/mol. The van der Waals surface area contributed by atoms with Gasteiger partial charge in [-0.3, -0.25) is 0 Å². The van der Waals surface area contributed by atoms with Gasteiger partial charge in [-0.15, -0.1) is 0 Å². The van der Waals surface area contributed by atoms with Crippen molar-refractivity contribution in [3.8, 4) is 66.9 Å². The Morgan fingerprint density at radius 2 is 0.754 bits per heavy atom. The fourth-order valence-electron chi connectivity index (χ4n) is 12.0. The van der Waals surface area contributed by atoms with E-state index in [1.165, 1.54) is 116 Å². The van der Waals surface area contributed by atoms with Crippen LogP contribution in [0.5, 0.6) is 0 Å². The summed E-state index contributed by atoms with van der Waals surface area (Å²) in [6, 6.07) is 84.1. The fraction of sp³-hybridized carbons (Fsp3) is 0.0469. The van der Waals surface area contributed by atoms with Gasteiger partial charge in [-0.05, 0) is 149 Å². The van der Waals surface area contributed by atoms with Crippen LogP contribution in [0, 0.1) is 0 Å². The lowest BCUT2D eigenvalue weighted by Crippen LogP contribution is -2.25. The smallest absolute Gasteiger partial charge is 0.0788 e. The van der Waals surface area contributed by atoms with Crippen LogP contribution in [0.3, 0.4) is 0 Å². The molecule has 0 amide bonds. The largest absolute Gasteiger partial charge is 0.247 e. The fourth-order valence-corrected chi connectivity index (χ4v) is 12.0. The highest BCUT2D eigenvalue weighted by Crippen LogP contribution is 2.63. The third kappa shape index (κ3) is 5.24. The Labute approximate surface area is 379 Å². The van der Waals surface area contributed by atoms with Crippen LogP contribution in [0.4, 0.5) is 0 Å². The summed E-state index contributed by atoms with van der Waals surface area (Å²) in [6.45, 7) is 0. The van der Waals surface area contributed by atoms with Gasteiger partial charge >= 0.3 is 0 Å². The Hall–Kier alpha value is -8.13. The SMILES string of the molecule is c1cc(-c2ccc3c(c2)C2(c4ccccc4-c4ccccc42)c2ccccc2-3)cc(-c2nc3ccccc3c3cc4c(cc23)Cc2ccccc2-c2ccccc2Cc2ccccc2-4)c1. The van der Waals surface area contributed by atoms with Gasteiger partial charge in [-0.2, -0.15) is 0 Å². The molecule has 0 bridgehead atoms. The first-order valence-corrected chi connectivity index (χ1v) is 22.9. The third-order valence-corrected chi connectivity index (χ3v) is 14.8. The quantitative estimate of drug-likeness (QED) is 0.158. The Morgan fingerprint density at radius 1 is 0.277 bits per heavy atom. The minimum Gasteiger partial charge on any atom is -0.247 e. The molecule has 65 heavy (non-hydrogen) atoms. The van der Waals surface area contributed by atoms with Crippen LogP contribution in [0.15, 0.2) is 224 Å². The molecule has 0 radical (unpaired) electrons. The maximum Gasteiger partial charge on any atom is 0.0788 e. The van der Waals surface area contributed by atoms with Crippen LogP contribution >= 0.6 is 0 Å². The number of para-hydroxylation sites is 1. The molecule has 1 spiro atoms. The Balaban J connectivity index is 0.976. The average molecular weight is 824 g/mol. The van der Waals surface area contributed by atoms with Crippen molar-refractivity contribution in [2.75, 3.05) is 0 Å². The van der Waals surface area contributed by atoms with Gasteiger partial charge in [0.1, 0.15) is 0 Å². The average Bonchev–Trinajstić information content (AvgIpc) is 3.84. The van der Waals surface area contributed by atoms with Crippen LogP contribution in [0.25, 0.3) is 88.6 Å². The van der Waals surface area contributed by atoms with Gasteiger partial charge in [0.2, 0.25) is 0 Å². The molecule has 10 aromatic carbocycles. The highest BCUT2D eigenvalue weighted by molar-refractivity contribution is 6.13. The van der Waals surface area contributed by atoms with Crippen LogP contribution in [-0.2, 0) is 18.3 Å². The number of aromatic nitrogens is 1. The van der Waals surface area contributed by atoms with Crippen molar-refractivity contribution in [3.63, 3.8) is 0 Å². The number of nitrogens with zero attached hydrogens (tertiary/aromatic N) is 1. The molecule has 0 atom stereocenters. The highest BCUT2D eigenvalue weighted by Gasteiger charge is 2.51. The summed E-state index contributed by atoms with van der Waals surface area (Å²) in [7, 11) is 0. The molecule has 1 heterocycles. The monoisotopic (exact) mass is 823 g/mol. The summed E-state index contributed by atoms with van der Waals surface area (Å²) in [5.41, 5.74) is 26.4. The van der Waals surface area contributed by atoms with Crippen molar-refractivity contribution in [1.82, 2.24) is 4.98 Å². The number of fused-ring (bicyclic) bond motifs is 19. The second kappa shape index (κ2) is 13.9. The number of benzene rings is 10. The lowest BCUT2D eigenvalue weighted by Gasteiger charge is -2.30. The van der Waals surface area contributed by atoms with Gasteiger partial charge in [0.15, 0.2) is 0 Å². The van der Waals surface area contributed by atoms with Crippen molar-refractivity contribution < 1.29 is 0 Å². The van der Waals surface area contributed by atoms with Gasteiger partial charge in [-0.25, -0.2) is 4.98 Å². The molecule has 14 rings (SSSR count). The van der Waals surface area contributed by atoms with E-state index in [1.807, 2.05) is 0 Å². The normalized spacial score (nSPS) is 13.5. The second-order valence-electron chi connectivity index (χ2n) is 18.1. The standard InChI is InChI=1S/C64H41N/c1-4-21-47-42(16-1)35-43-17-3-6-23-49(43)55-39-56-54-27-10-14-31-62(54)65-63(57(56)37-46(55)36-44-18-2-5-22-48(44)47)45-20-15-19-40(34-45)41-32-33-53-52-26-9-13-30-60(52)64(61(53)38-41)58-28-11-7-24-50(58)51-25-8-12-29-59(51)64/h1-34,37-39H,35-36H2. The van der Waals surface area contributed by atoms with Gasteiger partial charge in [-0.1, -0.05) is 194 Å². The van der Waals surface area contributed by atoms with Crippen LogP contribution in [0.2, 0.25) is 0 Å². The van der Waals surface area contributed by atoms with Crippen molar-refractivity contribution in [2.45, 2.75) is 18.3 Å². The molecule has 0 unspecified atom stereocenters. The van der Waals surface area contributed by atoms with E-state index in [0.29, 0.717) is 0 Å². The summed E-state index contributed by atoms with van der Waals surface area (Å²) in [5.74, 6) is 0. The molecule has 1 heteroatoms. The van der Waals surface area contributed by atoms with E-state index in [2.05, 4.69) is 224 Å². The van der Waals surface area contributed by atoms with E-state index in [1.54, 1.807) is 0 Å². The van der Waals surface area contributed by atoms with Crippen molar-refractivity contribution in [2.24, 2.45) is 0 Å². The van der Waals surface area contributed by atoms with Gasteiger partial charge < -0.3 is 0 Å². The molecule has 3 aliphatic rings. The molecule has 0 N–H and O–H groups in total. The predicted octanol–water partition coefficient (Wildman–Crippen LogP) is 15.9. The molecule has 0 saturated heterocycles. The number of rotatable bonds is 2. The molecule has 0 fully saturated rings. The van der Waals surface area contributed by atoms with Crippen molar-refractivity contribution in [1.29, 1.82) is 0 Å². The first-order valence-electron chi connectivity index (χ1n) is 22.9. The first-order chi connectivity index (χ1) is 32.2. The van der Waals surface area contributed by atoms with Crippen molar-refractivity contribution >= 4 is 21.7 Å². The number of hydrogen-bond acceptors (Lipinski definition) is 1. The molecule has 11 aromatic rings. The lowest BCUT2D eigenvalue weighted by atomic mass is 9.70. The van der Waals surface area contributed by atoms with E-state index in [4.69, 9.17) is 4.98 Å². The van der Waals surface area contributed by atoms with E-state index in [0.717, 1.165) is 29.6 Å². The first kappa shape index (κ1) is 36.4. The molecule has 3 aliphatic carbocycles. The van der Waals surface area contributed by atoms with Crippen molar-refractivity contribution in [3.05, 3.63) is 269 Å². The maximum atomic E-state index is 5.54. The van der Waals surface area contributed by atoms with Crippen LogP contribution < -0.4 is 0 Å². The number of hydrogen-bond donors (Lipinski definition) is 0.